The second kappa shape index (κ2) is 5.55. The van der Waals surface area contributed by atoms with Crippen molar-refractivity contribution in [1.29, 1.82) is 0 Å². The summed E-state index contributed by atoms with van der Waals surface area (Å²) in [7, 11) is 0. The largest absolute Gasteiger partial charge is 0.467 e. The highest BCUT2D eigenvalue weighted by Crippen LogP contribution is 2.09. The number of aliphatic hydroxyl groups excluding tert-OH is 1. The average Bonchev–Trinajstić information content (AvgIpc) is 2.84. The summed E-state index contributed by atoms with van der Waals surface area (Å²) >= 11 is 0. The van der Waals surface area contributed by atoms with Gasteiger partial charge in [0, 0.05) is 24.0 Å². The zero-order valence-electron chi connectivity index (χ0n) is 10.2. The van der Waals surface area contributed by atoms with E-state index in [4.69, 9.17) is 9.52 Å². The van der Waals surface area contributed by atoms with E-state index in [1.165, 1.54) is 6.07 Å². The van der Waals surface area contributed by atoms with E-state index in [1.54, 1.807) is 16.9 Å². The molecule has 96 valence electrons. The predicted molar refractivity (Wildman–Crippen MR) is 68.8 cm³/mol. The summed E-state index contributed by atoms with van der Waals surface area (Å²) in [5.74, 6) is 0.747. The van der Waals surface area contributed by atoms with E-state index in [-0.39, 0.29) is 12.2 Å². The van der Waals surface area contributed by atoms with Crippen molar-refractivity contribution in [1.82, 2.24) is 4.57 Å². The van der Waals surface area contributed by atoms with E-state index < -0.39 is 0 Å². The van der Waals surface area contributed by atoms with Crippen molar-refractivity contribution >= 4 is 5.69 Å². The second-order valence-electron chi connectivity index (χ2n) is 4.04. The zero-order valence-corrected chi connectivity index (χ0v) is 10.2. The first-order valence-electron chi connectivity index (χ1n) is 5.79. The molecule has 0 amide bonds. The molecular formula is C13H16N2O3. The molecule has 5 nitrogen and oxygen atoms in total. The van der Waals surface area contributed by atoms with Crippen molar-refractivity contribution in [3.05, 3.63) is 52.3 Å². The molecular weight excluding hydrogens is 232 g/mol. The maximum Gasteiger partial charge on any atom is 0.253 e. The maximum atomic E-state index is 12.0. The Balaban J connectivity index is 2.24. The zero-order chi connectivity index (χ0) is 13.0. The number of pyridine rings is 1. The molecule has 0 saturated heterocycles. The van der Waals surface area contributed by atoms with Crippen LogP contribution in [-0.2, 0) is 6.54 Å². The van der Waals surface area contributed by atoms with Crippen LogP contribution in [0.25, 0.3) is 0 Å². The molecule has 2 N–H and O–H groups in total. The van der Waals surface area contributed by atoms with Gasteiger partial charge in [-0.2, -0.15) is 0 Å². The molecule has 5 heteroatoms. The molecule has 0 spiro atoms. The number of hydrogen-bond donors (Lipinski definition) is 2. The van der Waals surface area contributed by atoms with Crippen LogP contribution in [0.15, 0.2) is 39.7 Å². The van der Waals surface area contributed by atoms with Crippen LogP contribution in [0, 0.1) is 6.92 Å². The fourth-order valence-electron chi connectivity index (χ4n) is 1.79. The lowest BCUT2D eigenvalue weighted by Gasteiger charge is -2.11. The predicted octanol–water partition coefficient (Wildman–Crippen LogP) is 1.20. The first kappa shape index (κ1) is 12.4. The number of nitrogens with one attached hydrogen (secondary N) is 1. The van der Waals surface area contributed by atoms with Gasteiger partial charge in [0.2, 0.25) is 0 Å². The number of rotatable bonds is 5. The van der Waals surface area contributed by atoms with Crippen molar-refractivity contribution in [3.63, 3.8) is 0 Å². The summed E-state index contributed by atoms with van der Waals surface area (Å²) < 4.78 is 6.88. The Kier molecular flexibility index (Phi) is 3.84. The van der Waals surface area contributed by atoms with E-state index in [2.05, 4.69) is 5.32 Å². The van der Waals surface area contributed by atoms with Crippen LogP contribution >= 0.6 is 0 Å². The van der Waals surface area contributed by atoms with Gasteiger partial charge in [0.15, 0.2) is 0 Å². The van der Waals surface area contributed by atoms with Gasteiger partial charge in [-0.3, -0.25) is 4.79 Å². The Morgan fingerprint density at radius 1 is 1.44 bits per heavy atom. The van der Waals surface area contributed by atoms with Gasteiger partial charge in [-0.25, -0.2) is 0 Å². The van der Waals surface area contributed by atoms with E-state index >= 15 is 0 Å². The third kappa shape index (κ3) is 2.81. The van der Waals surface area contributed by atoms with E-state index in [1.807, 2.05) is 19.1 Å². The van der Waals surface area contributed by atoms with Gasteiger partial charge in [-0.05, 0) is 25.1 Å². The minimum atomic E-state index is -0.0909. The Hall–Kier alpha value is -2.01. The first-order valence-corrected chi connectivity index (χ1v) is 5.79. The van der Waals surface area contributed by atoms with Crippen molar-refractivity contribution < 1.29 is 9.52 Å². The molecule has 0 unspecified atom stereocenters. The molecule has 0 bridgehead atoms. The lowest BCUT2D eigenvalue weighted by Crippen LogP contribution is -2.23. The topological polar surface area (TPSA) is 67.4 Å². The molecule has 2 rings (SSSR count). The van der Waals surface area contributed by atoms with Gasteiger partial charge >= 0.3 is 0 Å². The SMILES string of the molecule is Cc1cc(NCCO)cc(=O)n1Cc1ccco1. The van der Waals surface area contributed by atoms with Gasteiger partial charge < -0.3 is 19.4 Å². The Morgan fingerprint density at radius 3 is 2.89 bits per heavy atom. The summed E-state index contributed by atoms with van der Waals surface area (Å²) in [5, 5.41) is 11.7. The molecule has 18 heavy (non-hydrogen) atoms. The summed E-state index contributed by atoms with van der Waals surface area (Å²) in [6, 6.07) is 7.03. The number of aromatic nitrogens is 1. The van der Waals surface area contributed by atoms with Crippen LogP contribution < -0.4 is 10.9 Å². The lowest BCUT2D eigenvalue weighted by molar-refractivity contribution is 0.311. The van der Waals surface area contributed by atoms with Gasteiger partial charge in [0.25, 0.3) is 5.56 Å². The quantitative estimate of drug-likeness (QED) is 0.834. The second-order valence-corrected chi connectivity index (χ2v) is 4.04. The molecule has 2 aromatic heterocycles. The van der Waals surface area contributed by atoms with Crippen LogP contribution in [0.3, 0.4) is 0 Å². The fraction of sp³-hybridized carbons (Fsp3) is 0.308. The van der Waals surface area contributed by atoms with Crippen molar-refractivity contribution in [2.45, 2.75) is 13.5 Å². The maximum absolute atomic E-state index is 12.0. The number of aryl methyl sites for hydroxylation is 1. The van der Waals surface area contributed by atoms with E-state index in [0.717, 1.165) is 17.1 Å². The molecule has 0 aliphatic rings. The number of anilines is 1. The molecule has 0 saturated carbocycles. The van der Waals surface area contributed by atoms with E-state index in [9.17, 15) is 4.79 Å². The number of hydrogen-bond acceptors (Lipinski definition) is 4. The van der Waals surface area contributed by atoms with Gasteiger partial charge in [0.1, 0.15) is 5.76 Å². The van der Waals surface area contributed by atoms with Gasteiger partial charge in [-0.15, -0.1) is 0 Å². The highest BCUT2D eigenvalue weighted by atomic mass is 16.3. The molecule has 2 aromatic rings. The Morgan fingerprint density at radius 2 is 2.28 bits per heavy atom. The van der Waals surface area contributed by atoms with Crippen LogP contribution in [0.5, 0.6) is 0 Å². The molecule has 2 heterocycles. The average molecular weight is 248 g/mol. The minimum absolute atomic E-state index is 0.0362. The van der Waals surface area contributed by atoms with Crippen molar-refractivity contribution in [2.24, 2.45) is 0 Å². The molecule has 0 aliphatic carbocycles. The third-order valence-corrected chi connectivity index (χ3v) is 2.67. The van der Waals surface area contributed by atoms with Gasteiger partial charge in [0.05, 0.1) is 19.4 Å². The van der Waals surface area contributed by atoms with E-state index in [0.29, 0.717) is 13.1 Å². The smallest absolute Gasteiger partial charge is 0.253 e. The van der Waals surface area contributed by atoms with Crippen molar-refractivity contribution in [2.75, 3.05) is 18.5 Å². The molecule has 0 fully saturated rings. The summed E-state index contributed by atoms with van der Waals surface area (Å²) in [6.45, 7) is 2.77. The van der Waals surface area contributed by atoms with Gasteiger partial charge in [-0.1, -0.05) is 0 Å². The van der Waals surface area contributed by atoms with Crippen LogP contribution in [0.2, 0.25) is 0 Å². The highest BCUT2D eigenvalue weighted by molar-refractivity contribution is 5.43. The standard InChI is InChI=1S/C13H16N2O3/c1-10-7-11(14-4-5-16)8-13(17)15(10)9-12-3-2-6-18-12/h2-3,6-8,14,16H,4-5,9H2,1H3. The summed E-state index contributed by atoms with van der Waals surface area (Å²) in [4.78, 5) is 12.0. The number of nitrogens with zero attached hydrogens (tertiary/aromatic N) is 1. The number of furan rings is 1. The fourth-order valence-corrected chi connectivity index (χ4v) is 1.79. The lowest BCUT2D eigenvalue weighted by atomic mass is 10.3. The monoisotopic (exact) mass is 248 g/mol. The number of aliphatic hydroxyl groups is 1. The summed E-state index contributed by atoms with van der Waals surface area (Å²) in [6.07, 6.45) is 1.59. The molecule has 0 radical (unpaired) electrons. The molecule has 0 atom stereocenters. The van der Waals surface area contributed by atoms with Crippen LogP contribution in [0.4, 0.5) is 5.69 Å². The normalized spacial score (nSPS) is 10.6. The van der Waals surface area contributed by atoms with Crippen LogP contribution in [-0.4, -0.2) is 22.8 Å². The Bertz CT molecular complexity index is 558. The highest BCUT2D eigenvalue weighted by Gasteiger charge is 2.05. The van der Waals surface area contributed by atoms with Crippen molar-refractivity contribution in [3.8, 4) is 0 Å². The third-order valence-electron chi connectivity index (χ3n) is 2.67. The Labute approximate surface area is 105 Å². The molecule has 0 aromatic carbocycles. The van der Waals surface area contributed by atoms with Crippen LogP contribution in [0.1, 0.15) is 11.5 Å². The first-order chi connectivity index (χ1) is 8.70. The minimum Gasteiger partial charge on any atom is -0.467 e. The summed E-state index contributed by atoms with van der Waals surface area (Å²) in [5.41, 5.74) is 1.48. The molecule has 0 aliphatic heterocycles.